The third kappa shape index (κ3) is 2.76. The fraction of sp³-hybridized carbons (Fsp3) is 0.235. The van der Waals surface area contributed by atoms with Crippen LogP contribution in [0, 0.1) is 0 Å². The van der Waals surface area contributed by atoms with E-state index >= 15 is 0 Å². The van der Waals surface area contributed by atoms with Crippen molar-refractivity contribution in [2.24, 2.45) is 7.05 Å². The average Bonchev–Trinajstić information content (AvgIpc) is 3.34. The van der Waals surface area contributed by atoms with Crippen molar-refractivity contribution in [1.29, 1.82) is 0 Å². The third-order valence-electron chi connectivity index (χ3n) is 3.99. The number of nitrogens with zero attached hydrogens (tertiary/aromatic N) is 4. The Hall–Kier alpha value is -2.10. The Kier molecular flexibility index (Phi) is 4.37. The molecule has 134 valence electrons. The second kappa shape index (κ2) is 6.57. The second-order valence-corrected chi connectivity index (χ2v) is 10.2. The minimum absolute atomic E-state index is 0.0135. The summed E-state index contributed by atoms with van der Waals surface area (Å²) < 4.78 is 15.3. The molecule has 0 saturated heterocycles. The van der Waals surface area contributed by atoms with Crippen LogP contribution in [0.15, 0.2) is 34.2 Å². The standard InChI is InChI=1S/C17H17N5OS3/c1-9(2)26(23)17-13(18)12-10(14-19-4-6-22(14)3)8-11(21-16(12)25-17)15-20-5-7-24-15/h4-9H,18H2,1-3H3. The van der Waals surface area contributed by atoms with E-state index in [4.69, 9.17) is 10.7 Å². The molecule has 4 rings (SSSR count). The predicted octanol–water partition coefficient (Wildman–Crippen LogP) is 3.92. The van der Waals surface area contributed by atoms with Gasteiger partial charge in [0.1, 0.15) is 25.6 Å². The quantitative estimate of drug-likeness (QED) is 0.558. The lowest BCUT2D eigenvalue weighted by Crippen LogP contribution is -2.06. The van der Waals surface area contributed by atoms with Crippen LogP contribution in [-0.4, -0.2) is 29.0 Å². The van der Waals surface area contributed by atoms with Crippen LogP contribution in [0.5, 0.6) is 0 Å². The third-order valence-corrected chi connectivity index (χ3v) is 7.86. The Balaban J connectivity index is 2.06. The molecule has 0 aliphatic rings. The van der Waals surface area contributed by atoms with Gasteiger partial charge in [0.15, 0.2) is 0 Å². The van der Waals surface area contributed by atoms with Gasteiger partial charge in [0.25, 0.3) is 0 Å². The Morgan fingerprint density at radius 1 is 1.27 bits per heavy atom. The Morgan fingerprint density at radius 2 is 2.08 bits per heavy atom. The zero-order valence-electron chi connectivity index (χ0n) is 14.5. The maximum atomic E-state index is 12.7. The highest BCUT2D eigenvalue weighted by atomic mass is 32.2. The number of thiophene rings is 1. The molecule has 0 amide bonds. The molecular weight excluding hydrogens is 386 g/mol. The summed E-state index contributed by atoms with van der Waals surface area (Å²) in [6.45, 7) is 3.85. The molecule has 1 atom stereocenters. The number of aromatic nitrogens is 4. The molecule has 1 unspecified atom stereocenters. The van der Waals surface area contributed by atoms with Crippen molar-refractivity contribution in [2.45, 2.75) is 23.3 Å². The smallest absolute Gasteiger partial charge is 0.141 e. The number of aryl methyl sites for hydroxylation is 1. The normalized spacial score (nSPS) is 12.9. The second-order valence-electron chi connectivity index (χ2n) is 6.08. The van der Waals surface area contributed by atoms with E-state index in [1.165, 1.54) is 22.7 Å². The molecule has 9 heteroatoms. The molecule has 6 nitrogen and oxygen atoms in total. The Bertz CT molecular complexity index is 1110. The molecule has 26 heavy (non-hydrogen) atoms. The number of hydrogen-bond acceptors (Lipinski definition) is 7. The van der Waals surface area contributed by atoms with Crippen molar-refractivity contribution >= 4 is 49.4 Å². The van der Waals surface area contributed by atoms with Crippen molar-refractivity contribution in [3.63, 3.8) is 0 Å². The molecular formula is C17H17N5OS3. The first kappa shape index (κ1) is 17.3. The van der Waals surface area contributed by atoms with E-state index in [1.807, 2.05) is 43.1 Å². The summed E-state index contributed by atoms with van der Waals surface area (Å²) in [7, 11) is 0.768. The van der Waals surface area contributed by atoms with Crippen LogP contribution in [-0.2, 0) is 17.8 Å². The van der Waals surface area contributed by atoms with Crippen LogP contribution in [0.4, 0.5) is 5.69 Å². The minimum Gasteiger partial charge on any atom is -0.396 e. The van der Waals surface area contributed by atoms with E-state index in [2.05, 4.69) is 9.97 Å². The number of hydrogen-bond donors (Lipinski definition) is 1. The monoisotopic (exact) mass is 403 g/mol. The van der Waals surface area contributed by atoms with E-state index in [0.29, 0.717) is 9.90 Å². The summed E-state index contributed by atoms with van der Waals surface area (Å²) in [5.41, 5.74) is 8.62. The Morgan fingerprint density at radius 3 is 2.69 bits per heavy atom. The summed E-state index contributed by atoms with van der Waals surface area (Å²) in [5, 5.41) is 3.55. The first-order chi connectivity index (χ1) is 12.5. The van der Waals surface area contributed by atoms with Gasteiger partial charge in [-0.2, -0.15) is 0 Å². The fourth-order valence-electron chi connectivity index (χ4n) is 2.73. The average molecular weight is 404 g/mol. The number of fused-ring (bicyclic) bond motifs is 1. The first-order valence-electron chi connectivity index (χ1n) is 7.98. The molecule has 4 aromatic heterocycles. The van der Waals surface area contributed by atoms with Crippen molar-refractivity contribution in [2.75, 3.05) is 5.73 Å². The minimum atomic E-state index is -1.17. The number of rotatable bonds is 4. The molecule has 0 bridgehead atoms. The number of pyridine rings is 1. The van der Waals surface area contributed by atoms with Gasteiger partial charge in [0.2, 0.25) is 0 Å². The number of anilines is 1. The topological polar surface area (TPSA) is 86.7 Å². The van der Waals surface area contributed by atoms with Gasteiger partial charge in [0.05, 0.1) is 16.5 Å². The van der Waals surface area contributed by atoms with E-state index < -0.39 is 10.8 Å². The summed E-state index contributed by atoms with van der Waals surface area (Å²) in [6.07, 6.45) is 5.40. The number of nitrogens with two attached hydrogens (primary N) is 1. The SMILES string of the molecule is CC(C)S(=O)c1sc2nc(-c3nccs3)cc(-c3nccn3C)c2c1N. The molecule has 2 N–H and O–H groups in total. The van der Waals surface area contributed by atoms with Crippen LogP contribution in [0.25, 0.3) is 32.3 Å². The van der Waals surface area contributed by atoms with Crippen LogP contribution in [0.2, 0.25) is 0 Å². The lowest BCUT2D eigenvalue weighted by molar-refractivity contribution is 0.678. The number of imidazole rings is 1. The maximum absolute atomic E-state index is 12.7. The van der Waals surface area contributed by atoms with Crippen molar-refractivity contribution < 1.29 is 4.21 Å². The molecule has 0 aliphatic carbocycles. The van der Waals surface area contributed by atoms with Crippen molar-refractivity contribution in [3.8, 4) is 22.1 Å². The fourth-order valence-corrected chi connectivity index (χ4v) is 6.07. The van der Waals surface area contributed by atoms with Crippen LogP contribution in [0.3, 0.4) is 0 Å². The zero-order valence-corrected chi connectivity index (χ0v) is 16.9. The first-order valence-corrected chi connectivity index (χ1v) is 10.9. The summed E-state index contributed by atoms with van der Waals surface area (Å²) in [4.78, 5) is 14.4. The van der Waals surface area contributed by atoms with E-state index in [1.54, 1.807) is 12.4 Å². The zero-order chi connectivity index (χ0) is 18.4. The molecule has 0 radical (unpaired) electrons. The van der Waals surface area contributed by atoms with Gasteiger partial charge in [-0.1, -0.05) is 13.8 Å². The van der Waals surface area contributed by atoms with E-state index in [0.717, 1.165) is 32.3 Å². The molecule has 0 fully saturated rings. The van der Waals surface area contributed by atoms with Crippen molar-refractivity contribution in [1.82, 2.24) is 19.5 Å². The highest BCUT2D eigenvalue weighted by Gasteiger charge is 2.23. The van der Waals surface area contributed by atoms with Gasteiger partial charge in [-0.25, -0.2) is 15.0 Å². The van der Waals surface area contributed by atoms with E-state index in [9.17, 15) is 4.21 Å². The van der Waals surface area contributed by atoms with Crippen LogP contribution in [0.1, 0.15) is 13.8 Å². The molecule has 4 heterocycles. The van der Waals surface area contributed by atoms with Gasteiger partial charge in [0, 0.05) is 47.2 Å². The van der Waals surface area contributed by atoms with Crippen LogP contribution < -0.4 is 5.73 Å². The maximum Gasteiger partial charge on any atom is 0.141 e. The van der Waals surface area contributed by atoms with Gasteiger partial charge in [-0.15, -0.1) is 22.7 Å². The summed E-state index contributed by atoms with van der Waals surface area (Å²) >= 11 is 2.92. The lowest BCUT2D eigenvalue weighted by Gasteiger charge is -2.07. The molecule has 0 saturated carbocycles. The molecule has 0 spiro atoms. The highest BCUT2D eigenvalue weighted by molar-refractivity contribution is 7.88. The Labute approximate surface area is 161 Å². The predicted molar refractivity (Wildman–Crippen MR) is 109 cm³/mol. The van der Waals surface area contributed by atoms with Gasteiger partial charge < -0.3 is 10.3 Å². The van der Waals surface area contributed by atoms with Crippen molar-refractivity contribution in [3.05, 3.63) is 30.0 Å². The molecule has 0 aromatic carbocycles. The largest absolute Gasteiger partial charge is 0.396 e. The lowest BCUT2D eigenvalue weighted by atomic mass is 10.1. The van der Waals surface area contributed by atoms with Gasteiger partial charge in [-0.05, 0) is 6.07 Å². The highest BCUT2D eigenvalue weighted by Crippen LogP contribution is 2.42. The number of nitrogen functional groups attached to an aromatic ring is 1. The van der Waals surface area contributed by atoms with Gasteiger partial charge >= 0.3 is 0 Å². The van der Waals surface area contributed by atoms with Gasteiger partial charge in [-0.3, -0.25) is 4.21 Å². The summed E-state index contributed by atoms with van der Waals surface area (Å²) in [6, 6.07) is 1.97. The summed E-state index contributed by atoms with van der Waals surface area (Å²) in [5.74, 6) is 0.793. The number of thiazole rings is 1. The molecule has 4 aromatic rings. The van der Waals surface area contributed by atoms with E-state index in [-0.39, 0.29) is 5.25 Å². The van der Waals surface area contributed by atoms with Crippen LogP contribution >= 0.6 is 22.7 Å². The molecule has 0 aliphatic heterocycles.